The predicted molar refractivity (Wildman–Crippen MR) is 106 cm³/mol. The number of hydrogen-bond acceptors (Lipinski definition) is 3. The number of rotatable bonds is 2. The van der Waals surface area contributed by atoms with E-state index in [1.165, 1.54) is 38.8 Å². The molecule has 0 radical (unpaired) electrons. The average molecular weight is 436 g/mol. The van der Waals surface area contributed by atoms with E-state index in [1.807, 2.05) is 18.7 Å². The van der Waals surface area contributed by atoms with Gasteiger partial charge >= 0.3 is 0 Å². The second kappa shape index (κ2) is 5.53. The van der Waals surface area contributed by atoms with E-state index < -0.39 is 11.4 Å². The van der Waals surface area contributed by atoms with Gasteiger partial charge in [-0.25, -0.2) is 4.98 Å². The average Bonchev–Trinajstić information content (AvgIpc) is 3.30. The maximum Gasteiger partial charge on any atom is 0.239 e. The SMILES string of the molecule is CC1(C)C(=O)N([C@H]2C[C@@](C)(N3CCCC4(CC4)C3)C2)c2cc(Br)c(F)nc21. The van der Waals surface area contributed by atoms with Crippen molar-refractivity contribution in [3.8, 4) is 0 Å². The van der Waals surface area contributed by atoms with Gasteiger partial charge in [0.1, 0.15) is 0 Å². The lowest BCUT2D eigenvalue weighted by Crippen LogP contribution is -2.64. The largest absolute Gasteiger partial charge is 0.307 e. The fourth-order valence-corrected chi connectivity index (χ4v) is 5.93. The molecular weight excluding hydrogens is 409 g/mol. The van der Waals surface area contributed by atoms with Crippen LogP contribution >= 0.6 is 15.9 Å². The van der Waals surface area contributed by atoms with Gasteiger partial charge in [-0.1, -0.05) is 0 Å². The quantitative estimate of drug-likeness (QED) is 0.645. The highest BCUT2D eigenvalue weighted by Crippen LogP contribution is 2.56. The smallest absolute Gasteiger partial charge is 0.239 e. The molecule has 1 aromatic rings. The summed E-state index contributed by atoms with van der Waals surface area (Å²) in [6, 6.07) is 1.92. The number of fused-ring (bicyclic) bond motifs is 1. The summed E-state index contributed by atoms with van der Waals surface area (Å²) >= 11 is 3.24. The van der Waals surface area contributed by atoms with E-state index in [0.717, 1.165) is 18.5 Å². The molecule has 146 valence electrons. The number of pyridine rings is 1. The van der Waals surface area contributed by atoms with Gasteiger partial charge in [0.05, 0.1) is 21.3 Å². The summed E-state index contributed by atoms with van der Waals surface area (Å²) in [6.07, 6.45) is 7.44. The van der Waals surface area contributed by atoms with Crippen LogP contribution in [0.25, 0.3) is 0 Å². The Bertz CT molecular complexity index is 829. The third-order valence-electron chi connectivity index (χ3n) is 7.62. The van der Waals surface area contributed by atoms with Crippen LogP contribution in [-0.4, -0.2) is 40.5 Å². The van der Waals surface area contributed by atoms with Crippen molar-refractivity contribution in [2.24, 2.45) is 5.41 Å². The summed E-state index contributed by atoms with van der Waals surface area (Å²) in [5, 5.41) is 0. The molecule has 4 aliphatic rings. The number of carbonyl (C=O) groups excluding carboxylic acids is 1. The van der Waals surface area contributed by atoms with Crippen molar-refractivity contribution in [2.75, 3.05) is 18.0 Å². The Morgan fingerprint density at radius 2 is 1.93 bits per heavy atom. The molecule has 2 saturated carbocycles. The molecule has 1 spiro atoms. The Morgan fingerprint density at radius 3 is 2.59 bits per heavy atom. The Balaban J connectivity index is 1.39. The van der Waals surface area contributed by atoms with Crippen LogP contribution in [-0.2, 0) is 10.2 Å². The van der Waals surface area contributed by atoms with Crippen molar-refractivity contribution in [3.05, 3.63) is 22.2 Å². The molecule has 0 unspecified atom stereocenters. The first-order valence-corrected chi connectivity index (χ1v) is 10.9. The molecule has 1 amide bonds. The second-order valence-corrected chi connectivity index (χ2v) is 10.9. The third kappa shape index (κ3) is 2.55. The van der Waals surface area contributed by atoms with Gasteiger partial charge in [-0.2, -0.15) is 4.39 Å². The monoisotopic (exact) mass is 435 g/mol. The lowest BCUT2D eigenvalue weighted by atomic mass is 9.70. The van der Waals surface area contributed by atoms with E-state index >= 15 is 0 Å². The summed E-state index contributed by atoms with van der Waals surface area (Å²) in [4.78, 5) is 21.9. The predicted octanol–water partition coefficient (Wildman–Crippen LogP) is 4.40. The van der Waals surface area contributed by atoms with Gasteiger partial charge < -0.3 is 4.90 Å². The first-order chi connectivity index (χ1) is 12.7. The van der Waals surface area contributed by atoms with Crippen LogP contribution < -0.4 is 4.90 Å². The highest BCUT2D eigenvalue weighted by Gasteiger charge is 2.57. The molecule has 0 N–H and O–H groups in total. The number of hydrogen-bond donors (Lipinski definition) is 0. The van der Waals surface area contributed by atoms with Crippen molar-refractivity contribution < 1.29 is 9.18 Å². The maximum atomic E-state index is 14.0. The molecule has 3 heterocycles. The van der Waals surface area contributed by atoms with Crippen LogP contribution in [0.1, 0.15) is 65.0 Å². The van der Waals surface area contributed by atoms with Gasteiger partial charge in [0.25, 0.3) is 0 Å². The Morgan fingerprint density at radius 1 is 1.22 bits per heavy atom. The number of aromatic nitrogens is 1. The number of nitrogens with zero attached hydrogens (tertiary/aromatic N) is 3. The number of likely N-dealkylation sites (tertiary alicyclic amines) is 1. The van der Waals surface area contributed by atoms with E-state index in [1.54, 1.807) is 6.07 Å². The lowest BCUT2D eigenvalue weighted by Gasteiger charge is -2.56. The van der Waals surface area contributed by atoms with Crippen molar-refractivity contribution in [2.45, 2.75) is 76.3 Å². The van der Waals surface area contributed by atoms with E-state index in [2.05, 4.69) is 32.7 Å². The van der Waals surface area contributed by atoms with Gasteiger partial charge in [-0.15, -0.1) is 0 Å². The zero-order chi connectivity index (χ0) is 19.2. The molecule has 0 atom stereocenters. The molecule has 2 aliphatic heterocycles. The van der Waals surface area contributed by atoms with Crippen molar-refractivity contribution in [1.82, 2.24) is 9.88 Å². The first-order valence-electron chi connectivity index (χ1n) is 10.1. The molecule has 6 heteroatoms. The minimum atomic E-state index is -0.772. The minimum Gasteiger partial charge on any atom is -0.307 e. The highest BCUT2D eigenvalue weighted by molar-refractivity contribution is 9.10. The van der Waals surface area contributed by atoms with Gasteiger partial charge in [0, 0.05) is 18.1 Å². The molecule has 27 heavy (non-hydrogen) atoms. The minimum absolute atomic E-state index is 0.0480. The molecule has 0 bridgehead atoms. The molecule has 1 saturated heterocycles. The molecular formula is C21H27BrFN3O. The number of halogens is 2. The lowest BCUT2D eigenvalue weighted by molar-refractivity contribution is -0.124. The van der Waals surface area contributed by atoms with Crippen LogP contribution in [0, 0.1) is 11.4 Å². The van der Waals surface area contributed by atoms with Gasteiger partial charge in [-0.05, 0) is 93.3 Å². The maximum absolute atomic E-state index is 14.0. The van der Waals surface area contributed by atoms with Crippen LogP contribution in [0.15, 0.2) is 10.5 Å². The fraction of sp³-hybridized carbons (Fsp3) is 0.714. The Kier molecular flexibility index (Phi) is 3.70. The van der Waals surface area contributed by atoms with E-state index in [9.17, 15) is 9.18 Å². The van der Waals surface area contributed by atoms with Crippen LogP contribution in [0.4, 0.5) is 10.1 Å². The molecule has 4 nitrogen and oxygen atoms in total. The first kappa shape index (κ1) is 18.0. The van der Waals surface area contributed by atoms with Gasteiger partial charge in [-0.3, -0.25) is 9.69 Å². The summed E-state index contributed by atoms with van der Waals surface area (Å²) in [5.74, 6) is -0.496. The van der Waals surface area contributed by atoms with Gasteiger partial charge in [0.15, 0.2) is 0 Å². The zero-order valence-corrected chi connectivity index (χ0v) is 17.9. The second-order valence-electron chi connectivity index (χ2n) is 10.0. The summed E-state index contributed by atoms with van der Waals surface area (Å²) in [7, 11) is 0. The van der Waals surface area contributed by atoms with E-state index in [0.29, 0.717) is 15.6 Å². The Labute approximate surface area is 168 Å². The number of carbonyl (C=O) groups is 1. The molecule has 2 aliphatic carbocycles. The molecule has 5 rings (SSSR count). The highest BCUT2D eigenvalue weighted by atomic mass is 79.9. The van der Waals surface area contributed by atoms with Crippen LogP contribution in [0.5, 0.6) is 0 Å². The summed E-state index contributed by atoms with van der Waals surface area (Å²) in [5.41, 5.74) is 1.36. The molecule has 3 fully saturated rings. The topological polar surface area (TPSA) is 36.4 Å². The standard InChI is InChI=1S/C21H27BrFN3O/c1-19(2)16-15(9-14(22)17(23)24-16)26(18(19)27)13-10-20(3,11-13)25-8-4-5-21(12-25)6-7-21/h9,13H,4-8,10-12H2,1-3H3/t13-,20+. The number of piperidine rings is 1. The van der Waals surface area contributed by atoms with Crippen molar-refractivity contribution in [1.29, 1.82) is 0 Å². The fourth-order valence-electron chi connectivity index (χ4n) is 5.62. The Hall–Kier alpha value is -1.01. The summed E-state index contributed by atoms with van der Waals surface area (Å²) < 4.78 is 14.3. The van der Waals surface area contributed by atoms with Crippen LogP contribution in [0.2, 0.25) is 0 Å². The van der Waals surface area contributed by atoms with Crippen molar-refractivity contribution in [3.63, 3.8) is 0 Å². The van der Waals surface area contributed by atoms with E-state index in [4.69, 9.17) is 0 Å². The van der Waals surface area contributed by atoms with Crippen molar-refractivity contribution >= 4 is 27.5 Å². The molecule has 0 aromatic carbocycles. The van der Waals surface area contributed by atoms with Gasteiger partial charge in [0.2, 0.25) is 11.9 Å². The third-order valence-corrected chi connectivity index (χ3v) is 8.17. The number of amides is 1. The zero-order valence-electron chi connectivity index (χ0n) is 16.3. The van der Waals surface area contributed by atoms with Crippen LogP contribution in [0.3, 0.4) is 0 Å². The number of anilines is 1. The molecule has 1 aromatic heterocycles. The normalized spacial score (nSPS) is 33.9. The summed E-state index contributed by atoms with van der Waals surface area (Å²) in [6.45, 7) is 8.47. The van der Waals surface area contributed by atoms with E-state index in [-0.39, 0.29) is 17.5 Å².